The first-order chi connectivity index (χ1) is 11.6. The average molecular weight is 341 g/mol. The zero-order chi connectivity index (χ0) is 17.1. The number of amides is 1. The number of nitrogens with one attached hydrogen (secondary N) is 1. The van der Waals surface area contributed by atoms with Gasteiger partial charge in [-0.3, -0.25) is 4.79 Å². The summed E-state index contributed by atoms with van der Waals surface area (Å²) in [5.41, 5.74) is 2.75. The number of rotatable bonds is 5. The van der Waals surface area contributed by atoms with Crippen molar-refractivity contribution in [2.75, 3.05) is 25.5 Å². The van der Waals surface area contributed by atoms with Gasteiger partial charge in [0, 0.05) is 26.2 Å². The zero-order valence-electron chi connectivity index (χ0n) is 13.9. The number of fused-ring (bicyclic) bond motifs is 1. The van der Waals surface area contributed by atoms with Gasteiger partial charge in [0.2, 0.25) is 5.91 Å². The van der Waals surface area contributed by atoms with Gasteiger partial charge in [0.05, 0.1) is 5.92 Å². The highest BCUT2D eigenvalue weighted by Gasteiger charge is 2.19. The summed E-state index contributed by atoms with van der Waals surface area (Å²) in [7, 11) is 3.58. The molecule has 0 saturated heterocycles. The highest BCUT2D eigenvalue weighted by atomic mass is 32.1. The second kappa shape index (κ2) is 6.92. The van der Waals surface area contributed by atoms with Crippen LogP contribution in [0.2, 0.25) is 0 Å². The Bertz CT molecular complexity index is 849. The monoisotopic (exact) mass is 341 g/mol. The Kier molecular flexibility index (Phi) is 4.71. The summed E-state index contributed by atoms with van der Waals surface area (Å²) in [5, 5.41) is 2.68. The number of benzene rings is 1. The molecule has 0 saturated carbocycles. The summed E-state index contributed by atoms with van der Waals surface area (Å²) in [6.07, 6.45) is 1.56. The van der Waals surface area contributed by atoms with Gasteiger partial charge in [0.15, 0.2) is 5.82 Å². The normalized spacial score (nSPS) is 12.1. The molecule has 0 bridgehead atoms. The number of hydrogen-bond acceptors (Lipinski definition) is 6. The van der Waals surface area contributed by atoms with Crippen LogP contribution < -0.4 is 10.2 Å². The lowest BCUT2D eigenvalue weighted by atomic mass is 10.1. The minimum Gasteiger partial charge on any atom is -0.359 e. The van der Waals surface area contributed by atoms with Crippen LogP contribution in [0.3, 0.4) is 0 Å². The molecule has 3 aromatic rings. The molecule has 0 aliphatic rings. The van der Waals surface area contributed by atoms with Crippen molar-refractivity contribution in [1.82, 2.24) is 19.7 Å². The van der Waals surface area contributed by atoms with E-state index < -0.39 is 0 Å². The van der Waals surface area contributed by atoms with Crippen LogP contribution in [-0.2, 0) is 4.79 Å². The molecule has 24 heavy (non-hydrogen) atoms. The van der Waals surface area contributed by atoms with Crippen LogP contribution in [0.1, 0.15) is 6.92 Å². The van der Waals surface area contributed by atoms with Crippen LogP contribution in [0.4, 0.5) is 5.82 Å². The van der Waals surface area contributed by atoms with Crippen LogP contribution in [0, 0.1) is 5.92 Å². The fourth-order valence-corrected chi connectivity index (χ4v) is 3.54. The van der Waals surface area contributed by atoms with Gasteiger partial charge in [0.25, 0.3) is 0 Å². The minimum absolute atomic E-state index is 0.0152. The number of nitrogens with zero attached hydrogens (tertiary/aromatic N) is 4. The molecular formula is C17H19N5OS. The molecule has 2 aromatic heterocycles. The van der Waals surface area contributed by atoms with E-state index in [-0.39, 0.29) is 11.8 Å². The Morgan fingerprint density at radius 2 is 2.04 bits per heavy atom. The lowest BCUT2D eigenvalue weighted by molar-refractivity contribution is -0.123. The average Bonchev–Trinajstić information content (AvgIpc) is 3.05. The first-order valence-electron chi connectivity index (χ1n) is 7.70. The fraction of sp³-hybridized carbons (Fsp3) is 0.294. The van der Waals surface area contributed by atoms with E-state index in [0.29, 0.717) is 6.54 Å². The Labute approximate surface area is 144 Å². The first kappa shape index (κ1) is 16.3. The SMILES string of the molecule is CNC(=O)[C@H](C)CN(C)c1ncnc2c(-c3ccccc3)nsc12. The van der Waals surface area contributed by atoms with Crippen molar-refractivity contribution in [2.24, 2.45) is 5.92 Å². The van der Waals surface area contributed by atoms with E-state index in [2.05, 4.69) is 19.7 Å². The van der Waals surface area contributed by atoms with Gasteiger partial charge in [-0.2, -0.15) is 4.37 Å². The van der Waals surface area contributed by atoms with Crippen LogP contribution in [0.5, 0.6) is 0 Å². The maximum Gasteiger partial charge on any atom is 0.224 e. The Hall–Kier alpha value is -2.54. The van der Waals surface area contributed by atoms with Crippen molar-refractivity contribution in [3.63, 3.8) is 0 Å². The zero-order valence-corrected chi connectivity index (χ0v) is 14.7. The molecule has 124 valence electrons. The molecule has 3 rings (SSSR count). The van der Waals surface area contributed by atoms with Crippen molar-refractivity contribution in [1.29, 1.82) is 0 Å². The van der Waals surface area contributed by atoms with Crippen LogP contribution in [0.25, 0.3) is 21.5 Å². The van der Waals surface area contributed by atoms with Gasteiger partial charge in [-0.05, 0) is 11.5 Å². The van der Waals surface area contributed by atoms with E-state index in [0.717, 1.165) is 27.3 Å². The number of anilines is 1. The number of carbonyl (C=O) groups excluding carboxylic acids is 1. The van der Waals surface area contributed by atoms with E-state index in [1.807, 2.05) is 49.2 Å². The van der Waals surface area contributed by atoms with E-state index in [1.54, 1.807) is 13.4 Å². The standard InChI is InChI=1S/C17H19N5OS/c1-11(17(23)18-2)9-22(3)16-15-14(19-10-20-16)13(21-24-15)12-7-5-4-6-8-12/h4-8,10-11H,9H2,1-3H3,(H,18,23)/t11-/m1/s1. The smallest absolute Gasteiger partial charge is 0.224 e. The maximum absolute atomic E-state index is 11.8. The molecule has 1 N–H and O–H groups in total. The van der Waals surface area contributed by atoms with Crippen molar-refractivity contribution in [3.05, 3.63) is 36.7 Å². The summed E-state index contributed by atoms with van der Waals surface area (Å²) >= 11 is 1.39. The van der Waals surface area contributed by atoms with Crippen molar-refractivity contribution < 1.29 is 4.79 Å². The molecule has 0 aliphatic carbocycles. The molecule has 0 aliphatic heterocycles. The quantitative estimate of drug-likeness (QED) is 0.772. The molecule has 0 unspecified atom stereocenters. The Balaban J connectivity index is 1.96. The van der Waals surface area contributed by atoms with E-state index >= 15 is 0 Å². The second-order valence-corrected chi connectivity index (χ2v) is 6.44. The third-order valence-electron chi connectivity index (χ3n) is 3.89. The number of hydrogen-bond donors (Lipinski definition) is 1. The predicted molar refractivity (Wildman–Crippen MR) is 97.1 cm³/mol. The van der Waals surface area contributed by atoms with Gasteiger partial charge < -0.3 is 10.2 Å². The van der Waals surface area contributed by atoms with Crippen molar-refractivity contribution in [3.8, 4) is 11.3 Å². The Morgan fingerprint density at radius 1 is 1.29 bits per heavy atom. The Morgan fingerprint density at radius 3 is 2.75 bits per heavy atom. The summed E-state index contributed by atoms with van der Waals surface area (Å²) in [6, 6.07) is 9.99. The van der Waals surface area contributed by atoms with Crippen LogP contribution >= 0.6 is 11.5 Å². The molecule has 1 aromatic carbocycles. The van der Waals surface area contributed by atoms with Crippen LogP contribution in [-0.4, -0.2) is 40.9 Å². The van der Waals surface area contributed by atoms with Gasteiger partial charge in [-0.15, -0.1) is 0 Å². The highest BCUT2D eigenvalue weighted by Crippen LogP contribution is 2.33. The van der Waals surface area contributed by atoms with Gasteiger partial charge in [0.1, 0.15) is 22.2 Å². The topological polar surface area (TPSA) is 71.0 Å². The lowest BCUT2D eigenvalue weighted by Crippen LogP contribution is -2.34. The third kappa shape index (κ3) is 3.07. The molecule has 2 heterocycles. The van der Waals surface area contributed by atoms with Gasteiger partial charge >= 0.3 is 0 Å². The summed E-state index contributed by atoms with van der Waals surface area (Å²) in [4.78, 5) is 22.6. The molecule has 1 atom stereocenters. The highest BCUT2D eigenvalue weighted by molar-refractivity contribution is 7.14. The molecule has 0 radical (unpaired) electrons. The summed E-state index contributed by atoms with van der Waals surface area (Å²) in [6.45, 7) is 2.47. The molecule has 0 spiro atoms. The lowest BCUT2D eigenvalue weighted by Gasteiger charge is -2.21. The summed E-state index contributed by atoms with van der Waals surface area (Å²) < 4.78 is 5.51. The van der Waals surface area contributed by atoms with E-state index in [9.17, 15) is 4.79 Å². The number of carbonyl (C=O) groups is 1. The molecule has 0 fully saturated rings. The molecule has 7 heteroatoms. The van der Waals surface area contributed by atoms with E-state index in [1.165, 1.54) is 11.5 Å². The minimum atomic E-state index is -0.133. The summed E-state index contributed by atoms with van der Waals surface area (Å²) in [5.74, 6) is 0.684. The van der Waals surface area contributed by atoms with Gasteiger partial charge in [-0.1, -0.05) is 37.3 Å². The van der Waals surface area contributed by atoms with Crippen molar-refractivity contribution in [2.45, 2.75) is 6.92 Å². The van der Waals surface area contributed by atoms with Crippen LogP contribution in [0.15, 0.2) is 36.7 Å². The maximum atomic E-state index is 11.8. The van der Waals surface area contributed by atoms with Crippen molar-refractivity contribution >= 4 is 33.5 Å². The fourth-order valence-electron chi connectivity index (χ4n) is 2.64. The number of aromatic nitrogens is 3. The van der Waals surface area contributed by atoms with Gasteiger partial charge in [-0.25, -0.2) is 9.97 Å². The van der Waals surface area contributed by atoms with E-state index in [4.69, 9.17) is 0 Å². The largest absolute Gasteiger partial charge is 0.359 e. The third-order valence-corrected chi connectivity index (χ3v) is 4.72. The first-order valence-corrected chi connectivity index (χ1v) is 8.47. The second-order valence-electron chi connectivity index (χ2n) is 5.67. The molecule has 6 nitrogen and oxygen atoms in total. The molecular weight excluding hydrogens is 322 g/mol. The molecule has 1 amide bonds. The predicted octanol–water partition coefficient (Wildman–Crippen LogP) is 2.57.